The second-order valence-corrected chi connectivity index (χ2v) is 5.16. The van der Waals surface area contributed by atoms with Crippen LogP contribution in [0.2, 0.25) is 5.15 Å². The van der Waals surface area contributed by atoms with E-state index in [4.69, 9.17) is 11.6 Å². The first-order chi connectivity index (χ1) is 7.50. The van der Waals surface area contributed by atoms with Gasteiger partial charge in [-0.1, -0.05) is 39.3 Å². The first-order valence-corrected chi connectivity index (χ1v) is 6.11. The van der Waals surface area contributed by atoms with Crippen molar-refractivity contribution in [1.82, 2.24) is 10.2 Å². The zero-order chi connectivity index (χ0) is 12.1. The van der Waals surface area contributed by atoms with E-state index in [1.54, 1.807) is 6.07 Å². The average Bonchev–Trinajstić information content (AvgIpc) is 2.20. The first-order valence-electron chi connectivity index (χ1n) is 5.73. The van der Waals surface area contributed by atoms with Gasteiger partial charge in [0, 0.05) is 6.54 Å². The molecule has 0 bridgehead atoms. The van der Waals surface area contributed by atoms with Crippen molar-refractivity contribution < 1.29 is 0 Å². The highest BCUT2D eigenvalue weighted by molar-refractivity contribution is 6.29. The second kappa shape index (κ2) is 6.04. The summed E-state index contributed by atoms with van der Waals surface area (Å²) in [5.41, 5.74) is 0. The fraction of sp³-hybridized carbons (Fsp3) is 0.667. The van der Waals surface area contributed by atoms with Crippen LogP contribution in [0, 0.1) is 17.8 Å². The van der Waals surface area contributed by atoms with Gasteiger partial charge in [-0.25, -0.2) is 0 Å². The van der Waals surface area contributed by atoms with Gasteiger partial charge in [0.05, 0.1) is 0 Å². The van der Waals surface area contributed by atoms with E-state index in [0.717, 1.165) is 12.4 Å². The van der Waals surface area contributed by atoms with Crippen LogP contribution in [0.5, 0.6) is 0 Å². The maximum atomic E-state index is 5.67. The summed E-state index contributed by atoms with van der Waals surface area (Å²) in [6, 6.07) is 3.60. The van der Waals surface area contributed by atoms with Crippen molar-refractivity contribution >= 4 is 17.4 Å². The van der Waals surface area contributed by atoms with E-state index < -0.39 is 0 Å². The quantitative estimate of drug-likeness (QED) is 0.858. The predicted molar refractivity (Wildman–Crippen MR) is 68.7 cm³/mol. The van der Waals surface area contributed by atoms with Gasteiger partial charge < -0.3 is 5.32 Å². The summed E-state index contributed by atoms with van der Waals surface area (Å²) in [7, 11) is 0. The molecule has 16 heavy (non-hydrogen) atoms. The Morgan fingerprint density at radius 1 is 1.12 bits per heavy atom. The van der Waals surface area contributed by atoms with E-state index in [9.17, 15) is 0 Å². The summed E-state index contributed by atoms with van der Waals surface area (Å²) in [5.74, 6) is 2.74. The Morgan fingerprint density at radius 2 is 1.75 bits per heavy atom. The number of hydrogen-bond donors (Lipinski definition) is 1. The Morgan fingerprint density at radius 3 is 2.19 bits per heavy atom. The van der Waals surface area contributed by atoms with Crippen molar-refractivity contribution in [3.63, 3.8) is 0 Å². The summed E-state index contributed by atoms with van der Waals surface area (Å²) in [6.45, 7) is 9.92. The van der Waals surface area contributed by atoms with E-state index in [1.807, 2.05) is 6.07 Å². The van der Waals surface area contributed by atoms with Crippen LogP contribution in [0.3, 0.4) is 0 Å². The largest absolute Gasteiger partial charge is 0.368 e. The Kier molecular flexibility index (Phi) is 5.00. The summed E-state index contributed by atoms with van der Waals surface area (Å²) < 4.78 is 0. The molecule has 1 rings (SSSR count). The van der Waals surface area contributed by atoms with Crippen LogP contribution in [0.4, 0.5) is 5.82 Å². The Bertz CT molecular complexity index is 301. The van der Waals surface area contributed by atoms with E-state index in [0.29, 0.717) is 22.9 Å². The monoisotopic (exact) mass is 241 g/mol. The Hall–Kier alpha value is -0.830. The molecule has 90 valence electrons. The van der Waals surface area contributed by atoms with Crippen LogP contribution in [0.25, 0.3) is 0 Å². The van der Waals surface area contributed by atoms with Crippen molar-refractivity contribution in [2.75, 3.05) is 11.9 Å². The zero-order valence-electron chi connectivity index (χ0n) is 10.4. The lowest BCUT2D eigenvalue weighted by Crippen LogP contribution is -2.24. The van der Waals surface area contributed by atoms with E-state index in [-0.39, 0.29) is 0 Å². The first kappa shape index (κ1) is 13.2. The number of nitrogens with zero attached hydrogens (tertiary/aromatic N) is 2. The van der Waals surface area contributed by atoms with Crippen LogP contribution in [0.15, 0.2) is 12.1 Å². The zero-order valence-corrected chi connectivity index (χ0v) is 11.1. The van der Waals surface area contributed by atoms with Gasteiger partial charge >= 0.3 is 0 Å². The van der Waals surface area contributed by atoms with Crippen LogP contribution in [0.1, 0.15) is 27.7 Å². The van der Waals surface area contributed by atoms with Crippen molar-refractivity contribution in [2.45, 2.75) is 27.7 Å². The van der Waals surface area contributed by atoms with E-state index in [2.05, 4.69) is 43.2 Å². The molecule has 0 aliphatic rings. The van der Waals surface area contributed by atoms with E-state index in [1.165, 1.54) is 0 Å². The molecule has 1 aromatic rings. The van der Waals surface area contributed by atoms with Gasteiger partial charge in [0.2, 0.25) is 0 Å². The van der Waals surface area contributed by atoms with Gasteiger partial charge in [-0.3, -0.25) is 0 Å². The number of anilines is 1. The lowest BCUT2D eigenvalue weighted by Gasteiger charge is -2.25. The standard InChI is InChI=1S/C12H20ClN3/c1-8(2)10(9(3)4)7-14-12-6-5-11(13)15-16-12/h5-6,8-10H,7H2,1-4H3,(H,14,16). The molecule has 1 heterocycles. The number of hydrogen-bond acceptors (Lipinski definition) is 3. The highest BCUT2D eigenvalue weighted by Gasteiger charge is 2.17. The van der Waals surface area contributed by atoms with Gasteiger partial charge in [0.25, 0.3) is 0 Å². The highest BCUT2D eigenvalue weighted by Crippen LogP contribution is 2.20. The van der Waals surface area contributed by atoms with E-state index >= 15 is 0 Å². The van der Waals surface area contributed by atoms with Crippen molar-refractivity contribution in [2.24, 2.45) is 17.8 Å². The van der Waals surface area contributed by atoms with Crippen molar-refractivity contribution in [3.8, 4) is 0 Å². The van der Waals surface area contributed by atoms with Gasteiger partial charge in [0.15, 0.2) is 5.15 Å². The molecule has 0 atom stereocenters. The Balaban J connectivity index is 2.52. The Labute approximate surface area is 103 Å². The molecule has 0 aromatic carbocycles. The summed E-state index contributed by atoms with van der Waals surface area (Å²) in [6.07, 6.45) is 0. The third-order valence-corrected chi connectivity index (χ3v) is 3.07. The molecule has 0 amide bonds. The molecule has 3 nitrogen and oxygen atoms in total. The molecule has 1 aromatic heterocycles. The normalized spacial score (nSPS) is 11.5. The smallest absolute Gasteiger partial charge is 0.151 e. The number of rotatable bonds is 5. The van der Waals surface area contributed by atoms with Gasteiger partial charge in [-0.2, -0.15) is 0 Å². The number of halogens is 1. The van der Waals surface area contributed by atoms with Gasteiger partial charge in [-0.15, -0.1) is 10.2 Å². The molecule has 0 radical (unpaired) electrons. The minimum Gasteiger partial charge on any atom is -0.368 e. The SMILES string of the molecule is CC(C)C(CNc1ccc(Cl)nn1)C(C)C. The predicted octanol–water partition coefficient (Wildman–Crippen LogP) is 3.47. The lowest BCUT2D eigenvalue weighted by molar-refractivity contribution is 0.304. The number of nitrogens with one attached hydrogen (secondary N) is 1. The fourth-order valence-electron chi connectivity index (χ4n) is 1.87. The third-order valence-electron chi connectivity index (χ3n) is 2.86. The van der Waals surface area contributed by atoms with Crippen LogP contribution < -0.4 is 5.32 Å². The summed E-state index contributed by atoms with van der Waals surface area (Å²) in [4.78, 5) is 0. The molecule has 0 spiro atoms. The molecule has 0 aliphatic carbocycles. The molecule has 0 saturated heterocycles. The van der Waals surface area contributed by atoms with Gasteiger partial charge in [-0.05, 0) is 29.9 Å². The van der Waals surface area contributed by atoms with Gasteiger partial charge in [0.1, 0.15) is 5.82 Å². The maximum Gasteiger partial charge on any atom is 0.151 e. The molecular formula is C12H20ClN3. The summed E-state index contributed by atoms with van der Waals surface area (Å²) in [5, 5.41) is 11.5. The second-order valence-electron chi connectivity index (χ2n) is 4.77. The molecular weight excluding hydrogens is 222 g/mol. The van der Waals surface area contributed by atoms with Crippen molar-refractivity contribution in [1.29, 1.82) is 0 Å². The minimum atomic E-state index is 0.426. The molecule has 0 saturated carbocycles. The average molecular weight is 242 g/mol. The van der Waals surface area contributed by atoms with Crippen LogP contribution in [-0.4, -0.2) is 16.7 Å². The minimum absolute atomic E-state index is 0.426. The van der Waals surface area contributed by atoms with Crippen LogP contribution in [-0.2, 0) is 0 Å². The molecule has 1 N–H and O–H groups in total. The molecule has 0 fully saturated rings. The maximum absolute atomic E-state index is 5.67. The molecule has 0 aliphatic heterocycles. The fourth-order valence-corrected chi connectivity index (χ4v) is 1.97. The van der Waals surface area contributed by atoms with Crippen molar-refractivity contribution in [3.05, 3.63) is 17.3 Å². The third kappa shape index (κ3) is 3.97. The highest BCUT2D eigenvalue weighted by atomic mass is 35.5. The number of aromatic nitrogens is 2. The lowest BCUT2D eigenvalue weighted by atomic mass is 9.85. The molecule has 4 heteroatoms. The van der Waals surface area contributed by atoms with Crippen LogP contribution >= 0.6 is 11.6 Å². The topological polar surface area (TPSA) is 37.8 Å². The summed E-state index contributed by atoms with van der Waals surface area (Å²) >= 11 is 5.67. The molecule has 0 unspecified atom stereocenters.